The smallest absolute Gasteiger partial charge is 0.233 e. The lowest BCUT2D eigenvalue weighted by atomic mass is 10.1. The highest BCUT2D eigenvalue weighted by Gasteiger charge is 2.08. The van der Waals surface area contributed by atoms with Crippen molar-refractivity contribution < 1.29 is 14.3 Å². The van der Waals surface area contributed by atoms with Crippen LogP contribution in [0.3, 0.4) is 0 Å². The highest BCUT2D eigenvalue weighted by Crippen LogP contribution is 2.17. The van der Waals surface area contributed by atoms with Crippen molar-refractivity contribution in [3.8, 4) is 0 Å². The molecule has 0 atom stereocenters. The third-order valence-electron chi connectivity index (χ3n) is 5.11. The molecule has 1 amide bonds. The van der Waals surface area contributed by atoms with Crippen molar-refractivity contribution in [1.29, 1.82) is 0 Å². The Morgan fingerprint density at radius 3 is 2.24 bits per heavy atom. The number of carbonyl (C=O) groups is 1. The number of ether oxygens (including phenoxy) is 2. The highest BCUT2D eigenvalue weighted by atomic mass is 16.5. The lowest BCUT2D eigenvalue weighted by molar-refractivity contribution is -0.120. The van der Waals surface area contributed by atoms with Gasteiger partial charge in [-0.25, -0.2) is 0 Å². The Morgan fingerprint density at radius 1 is 0.842 bits per heavy atom. The first kappa shape index (κ1) is 28.5. The lowest BCUT2D eigenvalue weighted by Crippen LogP contribution is -2.29. The number of nitrogens with zero attached hydrogens (tertiary/aromatic N) is 3. The molecule has 3 rings (SSSR count). The van der Waals surface area contributed by atoms with Gasteiger partial charge in [-0.05, 0) is 23.3 Å². The van der Waals surface area contributed by atoms with Crippen molar-refractivity contribution >= 4 is 29.4 Å². The number of carbonyl (C=O) groups excluding carboxylic acids is 1. The molecule has 0 saturated carbocycles. The maximum absolute atomic E-state index is 12.2. The Hall–Kier alpha value is -4.06. The summed E-state index contributed by atoms with van der Waals surface area (Å²) in [5.74, 6) is 1.19. The van der Waals surface area contributed by atoms with Crippen molar-refractivity contribution in [3.05, 3.63) is 78.4 Å². The molecule has 0 fully saturated rings. The van der Waals surface area contributed by atoms with E-state index in [0.29, 0.717) is 70.5 Å². The van der Waals surface area contributed by atoms with Crippen molar-refractivity contribution in [2.24, 2.45) is 5.73 Å². The molecule has 0 unspecified atom stereocenters. The molecule has 0 radical (unpaired) electrons. The van der Waals surface area contributed by atoms with E-state index in [2.05, 4.69) is 42.8 Å². The zero-order valence-electron chi connectivity index (χ0n) is 21.5. The summed E-state index contributed by atoms with van der Waals surface area (Å²) in [4.78, 5) is 25.6. The average molecular weight is 521 g/mol. The molecule has 1 heterocycles. The summed E-state index contributed by atoms with van der Waals surface area (Å²) < 4.78 is 10.6. The zero-order chi connectivity index (χ0) is 26.8. The molecular weight excluding hydrogens is 484 g/mol. The molecule has 0 aliphatic heterocycles. The van der Waals surface area contributed by atoms with Gasteiger partial charge in [-0.1, -0.05) is 48.5 Å². The monoisotopic (exact) mass is 520 g/mol. The summed E-state index contributed by atoms with van der Waals surface area (Å²) in [5, 5.41) is 12.4. The minimum atomic E-state index is -0.0711. The van der Waals surface area contributed by atoms with Crippen LogP contribution in [-0.2, 0) is 27.2 Å². The number of nitrogens with one attached hydrogen (secondary N) is 4. The second-order valence-electron chi connectivity index (χ2n) is 8.18. The molecule has 0 spiro atoms. The number of anilines is 4. The lowest BCUT2D eigenvalue weighted by Gasteiger charge is -2.11. The maximum atomic E-state index is 12.2. The molecule has 0 aliphatic carbocycles. The van der Waals surface area contributed by atoms with E-state index in [4.69, 9.17) is 15.2 Å². The SMILES string of the molecule is C=CCNc1nc(NCc2ccccc2)nc(Nc2ccc(CC(=O)NCCOCCOCCN)cc2)n1. The van der Waals surface area contributed by atoms with E-state index in [1.165, 1.54) is 0 Å². The van der Waals surface area contributed by atoms with E-state index in [-0.39, 0.29) is 12.3 Å². The maximum Gasteiger partial charge on any atom is 0.233 e. The fourth-order valence-electron chi connectivity index (χ4n) is 3.28. The molecular formula is C27H36N8O3. The summed E-state index contributed by atoms with van der Waals surface area (Å²) in [6.45, 7) is 7.68. The van der Waals surface area contributed by atoms with E-state index >= 15 is 0 Å². The van der Waals surface area contributed by atoms with Crippen LogP contribution in [0.4, 0.5) is 23.5 Å². The van der Waals surface area contributed by atoms with Gasteiger partial charge in [0, 0.05) is 31.9 Å². The van der Waals surface area contributed by atoms with Gasteiger partial charge in [-0.2, -0.15) is 15.0 Å². The molecule has 38 heavy (non-hydrogen) atoms. The van der Waals surface area contributed by atoms with E-state index < -0.39 is 0 Å². The minimum Gasteiger partial charge on any atom is -0.378 e. The summed E-state index contributed by atoms with van der Waals surface area (Å²) >= 11 is 0. The number of aromatic nitrogens is 3. The Labute approximate surface area is 223 Å². The number of nitrogens with two attached hydrogens (primary N) is 1. The summed E-state index contributed by atoms with van der Waals surface area (Å²) in [6.07, 6.45) is 2.00. The molecule has 0 saturated heterocycles. The molecule has 6 N–H and O–H groups in total. The van der Waals surface area contributed by atoms with Crippen LogP contribution in [0, 0.1) is 0 Å². The first-order chi connectivity index (χ1) is 18.7. The Morgan fingerprint density at radius 2 is 1.53 bits per heavy atom. The van der Waals surface area contributed by atoms with Crippen LogP contribution < -0.4 is 27.0 Å². The van der Waals surface area contributed by atoms with Crippen molar-refractivity contribution in [2.45, 2.75) is 13.0 Å². The van der Waals surface area contributed by atoms with Crippen LogP contribution in [0.25, 0.3) is 0 Å². The number of rotatable bonds is 18. The molecule has 0 aliphatic rings. The Kier molecular flexibility index (Phi) is 12.5. The number of benzene rings is 2. The summed E-state index contributed by atoms with van der Waals surface area (Å²) in [6, 6.07) is 17.5. The first-order valence-corrected chi connectivity index (χ1v) is 12.5. The zero-order valence-corrected chi connectivity index (χ0v) is 21.5. The number of hydrogen-bond donors (Lipinski definition) is 5. The van der Waals surface area contributed by atoms with Gasteiger partial charge in [0.15, 0.2) is 0 Å². The van der Waals surface area contributed by atoms with Crippen molar-refractivity contribution in [1.82, 2.24) is 20.3 Å². The van der Waals surface area contributed by atoms with Gasteiger partial charge in [-0.15, -0.1) is 6.58 Å². The Balaban J connectivity index is 1.49. The largest absolute Gasteiger partial charge is 0.378 e. The van der Waals surface area contributed by atoms with Gasteiger partial charge in [-0.3, -0.25) is 4.79 Å². The molecule has 202 valence electrons. The quantitative estimate of drug-likeness (QED) is 0.125. The van der Waals surface area contributed by atoms with Gasteiger partial charge in [0.1, 0.15) is 0 Å². The first-order valence-electron chi connectivity index (χ1n) is 12.5. The highest BCUT2D eigenvalue weighted by molar-refractivity contribution is 5.78. The summed E-state index contributed by atoms with van der Waals surface area (Å²) in [7, 11) is 0. The van der Waals surface area contributed by atoms with E-state index in [1.54, 1.807) is 6.08 Å². The predicted octanol–water partition coefficient (Wildman–Crippen LogP) is 2.48. The minimum absolute atomic E-state index is 0.0711. The fraction of sp³-hybridized carbons (Fsp3) is 0.333. The molecule has 1 aromatic heterocycles. The molecule has 0 bridgehead atoms. The average Bonchev–Trinajstić information content (AvgIpc) is 2.94. The fourth-order valence-corrected chi connectivity index (χ4v) is 3.28. The van der Waals surface area contributed by atoms with Gasteiger partial charge in [0.25, 0.3) is 0 Å². The Bertz CT molecular complexity index is 1110. The third kappa shape index (κ3) is 10.9. The van der Waals surface area contributed by atoms with Crippen LogP contribution in [0.15, 0.2) is 67.3 Å². The summed E-state index contributed by atoms with van der Waals surface area (Å²) in [5.41, 5.74) is 8.14. The normalized spacial score (nSPS) is 10.6. The number of amides is 1. The van der Waals surface area contributed by atoms with Crippen LogP contribution in [-0.4, -0.2) is 66.9 Å². The van der Waals surface area contributed by atoms with Gasteiger partial charge >= 0.3 is 0 Å². The molecule has 2 aromatic carbocycles. The standard InChI is InChI=1S/C27H36N8O3/c1-2-13-30-25-33-26(31-20-22-6-4-3-5-7-22)35-27(34-25)32-23-10-8-21(9-11-23)19-24(36)29-14-16-38-18-17-37-15-12-28/h2-11H,1,12-20,28H2,(H,29,36)(H3,30,31,32,33,34,35). The van der Waals surface area contributed by atoms with E-state index in [9.17, 15) is 4.79 Å². The second kappa shape index (κ2) is 16.6. The number of hydrogen-bond acceptors (Lipinski definition) is 10. The third-order valence-corrected chi connectivity index (χ3v) is 5.11. The van der Waals surface area contributed by atoms with Crippen LogP contribution in [0.2, 0.25) is 0 Å². The van der Waals surface area contributed by atoms with Gasteiger partial charge in [0.2, 0.25) is 23.8 Å². The van der Waals surface area contributed by atoms with Crippen LogP contribution >= 0.6 is 0 Å². The van der Waals surface area contributed by atoms with Crippen LogP contribution in [0.1, 0.15) is 11.1 Å². The van der Waals surface area contributed by atoms with Crippen molar-refractivity contribution in [2.75, 3.05) is 62.0 Å². The predicted molar refractivity (Wildman–Crippen MR) is 149 cm³/mol. The molecule has 3 aromatic rings. The van der Waals surface area contributed by atoms with Gasteiger partial charge in [0.05, 0.1) is 32.8 Å². The molecule has 11 nitrogen and oxygen atoms in total. The second-order valence-corrected chi connectivity index (χ2v) is 8.18. The van der Waals surface area contributed by atoms with Crippen LogP contribution in [0.5, 0.6) is 0 Å². The molecule has 11 heteroatoms. The van der Waals surface area contributed by atoms with E-state index in [1.807, 2.05) is 54.6 Å². The van der Waals surface area contributed by atoms with Gasteiger partial charge < -0.3 is 36.5 Å². The van der Waals surface area contributed by atoms with Crippen molar-refractivity contribution in [3.63, 3.8) is 0 Å². The van der Waals surface area contributed by atoms with E-state index in [0.717, 1.165) is 16.8 Å². The topological polar surface area (TPSA) is 148 Å².